The molecule has 0 saturated heterocycles. The summed E-state index contributed by atoms with van der Waals surface area (Å²) in [5.41, 5.74) is 4.05. The summed E-state index contributed by atoms with van der Waals surface area (Å²) in [5.74, 6) is -0.777. The number of nitrogens with one attached hydrogen (secondary N) is 2. The van der Waals surface area contributed by atoms with Gasteiger partial charge < -0.3 is 14.8 Å². The maximum Gasteiger partial charge on any atom is 0.269 e. The van der Waals surface area contributed by atoms with Gasteiger partial charge in [-0.15, -0.1) is 0 Å². The minimum Gasteiger partial charge on any atom is -0.490 e. The van der Waals surface area contributed by atoms with Crippen molar-refractivity contribution in [2.45, 2.75) is 33.4 Å². The van der Waals surface area contributed by atoms with Crippen molar-refractivity contribution in [3.05, 3.63) is 99.4 Å². The number of hydrogen-bond donors (Lipinski definition) is 2. The lowest BCUT2D eigenvalue weighted by Crippen LogP contribution is -2.48. The molecule has 0 aliphatic heterocycles. The maximum absolute atomic E-state index is 13.1. The molecule has 3 aromatic rings. The van der Waals surface area contributed by atoms with Gasteiger partial charge in [0.25, 0.3) is 17.5 Å². The highest BCUT2D eigenvalue weighted by atomic mass is 19.1. The van der Waals surface area contributed by atoms with Crippen molar-refractivity contribution >= 4 is 23.7 Å². The Balaban J connectivity index is 1.62. The molecule has 0 aromatic heterocycles. The SMILES string of the molecule is CCOc1cc(C=NNC(=O)C(NC(=O)c2ccc(F)cc2)C(C)C)ccc1OCc1ccc([N+](=O)[O-])cc1. The lowest BCUT2D eigenvalue weighted by molar-refractivity contribution is -0.384. The Bertz CT molecular complexity index is 1330. The summed E-state index contributed by atoms with van der Waals surface area (Å²) in [6.45, 7) is 5.95. The topological polar surface area (TPSA) is 132 Å². The number of nitro groups is 1. The molecule has 11 heteroatoms. The van der Waals surface area contributed by atoms with E-state index in [1.165, 1.54) is 42.6 Å². The third-order valence-corrected chi connectivity index (χ3v) is 5.54. The number of nitrogens with zero attached hydrogens (tertiary/aromatic N) is 2. The summed E-state index contributed by atoms with van der Waals surface area (Å²) in [4.78, 5) is 35.6. The van der Waals surface area contributed by atoms with Crippen molar-refractivity contribution in [2.24, 2.45) is 11.0 Å². The van der Waals surface area contributed by atoms with Crippen molar-refractivity contribution in [2.75, 3.05) is 6.61 Å². The minimum absolute atomic E-state index is 0.000499. The number of carbonyl (C=O) groups excluding carboxylic acids is 2. The highest BCUT2D eigenvalue weighted by Crippen LogP contribution is 2.29. The summed E-state index contributed by atoms with van der Waals surface area (Å²) >= 11 is 0. The molecule has 2 N–H and O–H groups in total. The molecule has 0 bridgehead atoms. The number of hydrazone groups is 1. The smallest absolute Gasteiger partial charge is 0.269 e. The van der Waals surface area contributed by atoms with Crippen molar-refractivity contribution in [1.82, 2.24) is 10.7 Å². The van der Waals surface area contributed by atoms with Crippen LogP contribution in [0.4, 0.5) is 10.1 Å². The van der Waals surface area contributed by atoms with E-state index in [1.807, 2.05) is 6.92 Å². The first-order valence-electron chi connectivity index (χ1n) is 12.2. The molecule has 1 atom stereocenters. The predicted octanol–water partition coefficient (Wildman–Crippen LogP) is 4.62. The van der Waals surface area contributed by atoms with Gasteiger partial charge in [0.05, 0.1) is 17.7 Å². The zero-order valence-electron chi connectivity index (χ0n) is 21.7. The van der Waals surface area contributed by atoms with Gasteiger partial charge in [0.1, 0.15) is 18.5 Å². The third kappa shape index (κ3) is 8.35. The second-order valence-corrected chi connectivity index (χ2v) is 8.79. The number of nitro benzene ring substituents is 1. The van der Waals surface area contributed by atoms with Crippen LogP contribution in [-0.2, 0) is 11.4 Å². The molecule has 3 aromatic carbocycles. The average Bonchev–Trinajstić information content (AvgIpc) is 2.91. The Morgan fingerprint density at radius 3 is 2.33 bits per heavy atom. The molecule has 204 valence electrons. The first kappa shape index (κ1) is 28.8. The van der Waals surface area contributed by atoms with Crippen LogP contribution >= 0.6 is 0 Å². The monoisotopic (exact) mass is 536 g/mol. The number of non-ortho nitro benzene ring substituents is 1. The highest BCUT2D eigenvalue weighted by molar-refractivity contribution is 5.97. The Morgan fingerprint density at radius 2 is 1.72 bits per heavy atom. The molecular formula is C28H29FN4O6. The summed E-state index contributed by atoms with van der Waals surface area (Å²) in [6.07, 6.45) is 1.43. The number of carbonyl (C=O) groups is 2. The van der Waals surface area contributed by atoms with E-state index in [0.717, 1.165) is 5.56 Å². The van der Waals surface area contributed by atoms with Crippen LogP contribution in [0.25, 0.3) is 0 Å². The number of benzene rings is 3. The molecule has 0 spiro atoms. The zero-order valence-corrected chi connectivity index (χ0v) is 21.7. The molecule has 0 aliphatic carbocycles. The van der Waals surface area contributed by atoms with E-state index in [9.17, 15) is 24.1 Å². The van der Waals surface area contributed by atoms with Crippen molar-refractivity contribution in [3.8, 4) is 11.5 Å². The molecule has 39 heavy (non-hydrogen) atoms. The molecular weight excluding hydrogens is 507 g/mol. The normalized spacial score (nSPS) is 11.7. The van der Waals surface area contributed by atoms with E-state index < -0.39 is 28.6 Å². The van der Waals surface area contributed by atoms with E-state index in [4.69, 9.17) is 9.47 Å². The highest BCUT2D eigenvalue weighted by Gasteiger charge is 2.24. The van der Waals surface area contributed by atoms with Gasteiger partial charge >= 0.3 is 0 Å². The summed E-state index contributed by atoms with van der Waals surface area (Å²) in [7, 11) is 0. The Hall–Kier alpha value is -4.80. The Morgan fingerprint density at radius 1 is 1.03 bits per heavy atom. The first-order valence-corrected chi connectivity index (χ1v) is 12.2. The number of hydrogen-bond acceptors (Lipinski definition) is 7. The van der Waals surface area contributed by atoms with Crippen LogP contribution in [0, 0.1) is 21.8 Å². The standard InChI is InChI=1S/C28H29FN4O6/c1-4-38-25-15-20(7-14-24(25)39-17-19-5-12-23(13-6-19)33(36)37)16-30-32-28(35)26(18(2)3)31-27(34)21-8-10-22(29)11-9-21/h5-16,18,26H,4,17H2,1-3H3,(H,31,34)(H,32,35). The van der Waals surface area contributed by atoms with Gasteiger partial charge in [0.15, 0.2) is 11.5 Å². The molecule has 10 nitrogen and oxygen atoms in total. The molecule has 0 saturated carbocycles. The molecule has 2 amide bonds. The largest absolute Gasteiger partial charge is 0.490 e. The second kappa shape index (κ2) is 13.7. The molecule has 0 aliphatic rings. The van der Waals surface area contributed by atoms with Crippen molar-refractivity contribution < 1.29 is 28.4 Å². The van der Waals surface area contributed by atoms with Gasteiger partial charge in [0, 0.05) is 17.7 Å². The number of ether oxygens (including phenoxy) is 2. The summed E-state index contributed by atoms with van der Waals surface area (Å²) < 4.78 is 24.7. The van der Waals surface area contributed by atoms with E-state index in [-0.39, 0.29) is 23.8 Å². The van der Waals surface area contributed by atoms with Crippen LogP contribution in [0.2, 0.25) is 0 Å². The van der Waals surface area contributed by atoms with Crippen molar-refractivity contribution in [1.29, 1.82) is 0 Å². The number of rotatable bonds is 12. The third-order valence-electron chi connectivity index (χ3n) is 5.54. The van der Waals surface area contributed by atoms with Crippen LogP contribution < -0.4 is 20.2 Å². The van der Waals surface area contributed by atoms with Crippen LogP contribution in [-0.4, -0.2) is 35.6 Å². The van der Waals surface area contributed by atoms with Crippen LogP contribution in [0.3, 0.4) is 0 Å². The maximum atomic E-state index is 13.1. The molecule has 0 fully saturated rings. The average molecular weight is 537 g/mol. The zero-order chi connectivity index (χ0) is 28.4. The van der Waals surface area contributed by atoms with Gasteiger partial charge in [-0.1, -0.05) is 13.8 Å². The number of halogens is 1. The van der Waals surface area contributed by atoms with Crippen LogP contribution in [0.1, 0.15) is 42.3 Å². The molecule has 1 unspecified atom stereocenters. The van der Waals surface area contributed by atoms with E-state index >= 15 is 0 Å². The lowest BCUT2D eigenvalue weighted by Gasteiger charge is -2.20. The van der Waals surface area contributed by atoms with Gasteiger partial charge in [-0.05, 0) is 78.6 Å². The molecule has 0 radical (unpaired) electrons. The summed E-state index contributed by atoms with van der Waals surface area (Å²) in [6, 6.07) is 15.3. The fourth-order valence-corrected chi connectivity index (χ4v) is 3.47. The Kier molecular flexibility index (Phi) is 10.1. The van der Waals surface area contributed by atoms with E-state index in [1.54, 1.807) is 44.2 Å². The minimum atomic E-state index is -0.867. The molecule has 3 rings (SSSR count). The van der Waals surface area contributed by atoms with Gasteiger partial charge in [-0.2, -0.15) is 5.10 Å². The predicted molar refractivity (Wildman–Crippen MR) is 143 cm³/mol. The first-order chi connectivity index (χ1) is 18.7. The number of amides is 2. The fraction of sp³-hybridized carbons (Fsp3) is 0.250. The van der Waals surface area contributed by atoms with Crippen LogP contribution in [0.15, 0.2) is 71.8 Å². The van der Waals surface area contributed by atoms with E-state index in [2.05, 4.69) is 15.8 Å². The fourth-order valence-electron chi connectivity index (χ4n) is 3.47. The van der Waals surface area contributed by atoms with Gasteiger partial charge in [0.2, 0.25) is 0 Å². The quantitative estimate of drug-likeness (QED) is 0.197. The van der Waals surface area contributed by atoms with Crippen LogP contribution in [0.5, 0.6) is 11.5 Å². The summed E-state index contributed by atoms with van der Waals surface area (Å²) in [5, 5.41) is 17.5. The molecule has 0 heterocycles. The second-order valence-electron chi connectivity index (χ2n) is 8.79. The van der Waals surface area contributed by atoms with E-state index in [0.29, 0.717) is 23.7 Å². The van der Waals surface area contributed by atoms with Crippen molar-refractivity contribution in [3.63, 3.8) is 0 Å². The lowest BCUT2D eigenvalue weighted by atomic mass is 10.0. The van der Waals surface area contributed by atoms with Gasteiger partial charge in [-0.25, -0.2) is 9.82 Å². The Labute approximate surface area is 225 Å². The van der Waals surface area contributed by atoms with Gasteiger partial charge in [-0.3, -0.25) is 19.7 Å².